The normalized spacial score (nSPS) is 28.6. The number of hydrogen-bond donors (Lipinski definition) is 2. The molecule has 2 aliphatic rings. The van der Waals surface area contributed by atoms with Gasteiger partial charge >= 0.3 is 0 Å². The first kappa shape index (κ1) is 16.3. The van der Waals surface area contributed by atoms with Crippen LogP contribution >= 0.6 is 39.7 Å². The van der Waals surface area contributed by atoms with Gasteiger partial charge in [0.15, 0.2) is 0 Å². The number of carbonyl (C=O) groups is 1. The van der Waals surface area contributed by atoms with Crippen LogP contribution in [0.2, 0.25) is 0 Å². The highest BCUT2D eigenvalue weighted by atomic mass is 79.9. The first-order valence-electron chi connectivity index (χ1n) is 6.93. The van der Waals surface area contributed by atoms with E-state index >= 15 is 0 Å². The molecule has 0 aromatic carbocycles. The number of nitrogens with one attached hydrogen (secondary N) is 2. The lowest BCUT2D eigenvalue weighted by Gasteiger charge is -2.37. The van der Waals surface area contributed by atoms with E-state index in [0.29, 0.717) is 12.5 Å². The van der Waals surface area contributed by atoms with Crippen LogP contribution < -0.4 is 10.6 Å². The molecule has 2 atom stereocenters. The first-order valence-corrected chi connectivity index (χ1v) is 8.60. The van der Waals surface area contributed by atoms with E-state index in [-0.39, 0.29) is 23.7 Å². The van der Waals surface area contributed by atoms with Crippen LogP contribution in [0.15, 0.2) is 15.9 Å². The Kier molecular flexibility index (Phi) is 5.51. The van der Waals surface area contributed by atoms with Crippen molar-refractivity contribution in [1.82, 2.24) is 10.6 Å². The van der Waals surface area contributed by atoms with Crippen molar-refractivity contribution in [1.29, 1.82) is 0 Å². The highest BCUT2D eigenvalue weighted by Gasteiger charge is 2.49. The molecule has 3 nitrogen and oxygen atoms in total. The number of thiophene rings is 1. The summed E-state index contributed by atoms with van der Waals surface area (Å²) >= 11 is 5.13. The zero-order valence-electron chi connectivity index (χ0n) is 11.3. The number of amides is 1. The molecule has 20 heavy (non-hydrogen) atoms. The Morgan fingerprint density at radius 2 is 2.40 bits per heavy atom. The van der Waals surface area contributed by atoms with Crippen molar-refractivity contribution >= 4 is 45.6 Å². The summed E-state index contributed by atoms with van der Waals surface area (Å²) in [5.74, 6) is 0.794. The highest BCUT2D eigenvalue weighted by Crippen LogP contribution is 2.43. The second-order valence-electron chi connectivity index (χ2n) is 5.64. The molecule has 1 aliphatic carbocycles. The Morgan fingerprint density at radius 1 is 1.55 bits per heavy atom. The van der Waals surface area contributed by atoms with Gasteiger partial charge in [-0.25, -0.2) is 0 Å². The maximum absolute atomic E-state index is 12.6. The van der Waals surface area contributed by atoms with Gasteiger partial charge in [0.1, 0.15) is 0 Å². The van der Waals surface area contributed by atoms with Crippen molar-refractivity contribution in [2.75, 3.05) is 13.1 Å². The first-order chi connectivity index (χ1) is 9.21. The fourth-order valence-electron chi connectivity index (χ4n) is 3.48. The minimum absolute atomic E-state index is 0. The van der Waals surface area contributed by atoms with E-state index in [1.807, 2.05) is 0 Å². The SMILES string of the molecule is Cl.O=C(NCc1cc(Br)cs1)[C@@]12CCCC[C@H]1CNC2. The number of rotatable bonds is 3. The Hall–Kier alpha value is -0.100. The molecule has 2 fully saturated rings. The van der Waals surface area contributed by atoms with E-state index < -0.39 is 0 Å². The summed E-state index contributed by atoms with van der Waals surface area (Å²) in [5.41, 5.74) is -0.132. The van der Waals surface area contributed by atoms with Gasteiger partial charge in [-0.3, -0.25) is 4.79 Å². The summed E-state index contributed by atoms with van der Waals surface area (Å²) in [4.78, 5) is 13.8. The maximum atomic E-state index is 12.6. The van der Waals surface area contributed by atoms with E-state index in [2.05, 4.69) is 38.0 Å². The summed E-state index contributed by atoms with van der Waals surface area (Å²) < 4.78 is 1.10. The lowest BCUT2D eigenvalue weighted by atomic mass is 9.67. The van der Waals surface area contributed by atoms with E-state index in [1.54, 1.807) is 11.3 Å². The molecule has 1 saturated carbocycles. The molecular weight excluding hydrogens is 360 g/mol. The number of carbonyl (C=O) groups excluding carboxylic acids is 1. The number of hydrogen-bond acceptors (Lipinski definition) is 3. The number of halogens is 2. The minimum Gasteiger partial charge on any atom is -0.351 e. The molecule has 2 heterocycles. The molecule has 3 rings (SSSR count). The Bertz CT molecular complexity index is 481. The van der Waals surface area contributed by atoms with Crippen molar-refractivity contribution in [2.45, 2.75) is 32.2 Å². The molecule has 0 spiro atoms. The second-order valence-corrected chi connectivity index (χ2v) is 7.56. The minimum atomic E-state index is -0.132. The third-order valence-corrected chi connectivity index (χ3v) is 6.23. The molecule has 1 amide bonds. The molecule has 1 aromatic heterocycles. The number of fused-ring (bicyclic) bond motifs is 1. The molecule has 0 unspecified atom stereocenters. The van der Waals surface area contributed by atoms with Crippen molar-refractivity contribution < 1.29 is 4.79 Å². The van der Waals surface area contributed by atoms with Gasteiger partial charge in [0.2, 0.25) is 5.91 Å². The van der Waals surface area contributed by atoms with Crippen molar-refractivity contribution in [3.8, 4) is 0 Å². The molecule has 0 bridgehead atoms. The average molecular weight is 380 g/mol. The summed E-state index contributed by atoms with van der Waals surface area (Å²) in [6, 6.07) is 2.08. The fourth-order valence-corrected chi connectivity index (χ4v) is 4.87. The van der Waals surface area contributed by atoms with E-state index in [4.69, 9.17) is 0 Å². The Labute approximate surface area is 138 Å². The van der Waals surface area contributed by atoms with E-state index in [0.717, 1.165) is 24.0 Å². The van der Waals surface area contributed by atoms with Crippen LogP contribution in [-0.2, 0) is 11.3 Å². The Balaban J connectivity index is 0.00000147. The topological polar surface area (TPSA) is 41.1 Å². The zero-order chi connectivity index (χ0) is 13.3. The van der Waals surface area contributed by atoms with Crippen LogP contribution in [-0.4, -0.2) is 19.0 Å². The monoisotopic (exact) mass is 378 g/mol. The van der Waals surface area contributed by atoms with Gasteiger partial charge in [-0.05, 0) is 47.3 Å². The van der Waals surface area contributed by atoms with Crippen LogP contribution in [0, 0.1) is 11.3 Å². The molecule has 1 aliphatic heterocycles. The predicted octanol–water partition coefficient (Wildman–Crippen LogP) is 3.33. The molecule has 1 aromatic rings. The van der Waals surface area contributed by atoms with Crippen molar-refractivity contribution in [3.05, 3.63) is 20.8 Å². The molecule has 1 saturated heterocycles. The van der Waals surface area contributed by atoms with Gasteiger partial charge in [0.25, 0.3) is 0 Å². The maximum Gasteiger partial charge on any atom is 0.228 e. The summed E-state index contributed by atoms with van der Waals surface area (Å²) in [5, 5.41) is 8.63. The van der Waals surface area contributed by atoms with Gasteiger partial charge < -0.3 is 10.6 Å². The largest absolute Gasteiger partial charge is 0.351 e. The standard InChI is InChI=1S/C14H19BrN2OS.ClH/c15-11-5-12(19-8-11)7-17-13(18)14-4-2-1-3-10(14)6-16-9-14;/h5,8,10,16H,1-4,6-7,9H2,(H,17,18);1H/t10-,14+;/m0./s1. The van der Waals surface area contributed by atoms with Crippen molar-refractivity contribution in [3.63, 3.8) is 0 Å². The zero-order valence-corrected chi connectivity index (χ0v) is 14.5. The second kappa shape index (κ2) is 6.77. The van der Waals surface area contributed by atoms with Crippen LogP contribution in [0.1, 0.15) is 30.6 Å². The quantitative estimate of drug-likeness (QED) is 0.846. The van der Waals surface area contributed by atoms with Crippen LogP contribution in [0.3, 0.4) is 0 Å². The summed E-state index contributed by atoms with van der Waals surface area (Å²) in [7, 11) is 0. The lowest BCUT2D eigenvalue weighted by Crippen LogP contribution is -2.47. The van der Waals surface area contributed by atoms with Crippen LogP contribution in [0.25, 0.3) is 0 Å². The Morgan fingerprint density at radius 3 is 3.15 bits per heavy atom. The average Bonchev–Trinajstić information content (AvgIpc) is 3.02. The third-order valence-electron chi connectivity index (χ3n) is 4.54. The van der Waals surface area contributed by atoms with Crippen LogP contribution in [0.4, 0.5) is 0 Å². The van der Waals surface area contributed by atoms with Gasteiger partial charge in [-0.1, -0.05) is 12.8 Å². The highest BCUT2D eigenvalue weighted by molar-refractivity contribution is 9.10. The molecule has 0 radical (unpaired) electrons. The van der Waals surface area contributed by atoms with E-state index in [1.165, 1.54) is 24.1 Å². The smallest absolute Gasteiger partial charge is 0.228 e. The molecule has 6 heteroatoms. The van der Waals surface area contributed by atoms with Gasteiger partial charge in [-0.2, -0.15) is 0 Å². The molecular formula is C14H20BrClN2OS. The lowest BCUT2D eigenvalue weighted by molar-refractivity contribution is -0.134. The molecule has 112 valence electrons. The van der Waals surface area contributed by atoms with Crippen LogP contribution in [0.5, 0.6) is 0 Å². The van der Waals surface area contributed by atoms with E-state index in [9.17, 15) is 4.79 Å². The summed E-state index contributed by atoms with van der Waals surface area (Å²) in [6.07, 6.45) is 4.71. The van der Waals surface area contributed by atoms with Gasteiger partial charge in [0.05, 0.1) is 12.0 Å². The van der Waals surface area contributed by atoms with Crippen molar-refractivity contribution in [2.24, 2.45) is 11.3 Å². The van der Waals surface area contributed by atoms with Gasteiger partial charge in [-0.15, -0.1) is 23.7 Å². The summed E-state index contributed by atoms with van der Waals surface area (Å²) in [6.45, 7) is 2.53. The molecule has 2 N–H and O–H groups in total. The predicted molar refractivity (Wildman–Crippen MR) is 88.4 cm³/mol. The fraction of sp³-hybridized carbons (Fsp3) is 0.643. The van der Waals surface area contributed by atoms with Gasteiger partial charge in [0, 0.05) is 21.3 Å². The third kappa shape index (κ3) is 3.06.